The summed E-state index contributed by atoms with van der Waals surface area (Å²) in [6.07, 6.45) is 0.767. The van der Waals surface area contributed by atoms with Crippen LogP contribution in [0.25, 0.3) is 0 Å². The van der Waals surface area contributed by atoms with Crippen molar-refractivity contribution in [2.75, 3.05) is 0 Å². The van der Waals surface area contributed by atoms with Gasteiger partial charge in [0.15, 0.2) is 0 Å². The first-order chi connectivity index (χ1) is 8.54. The molecule has 0 aliphatic heterocycles. The van der Waals surface area contributed by atoms with E-state index in [-0.39, 0.29) is 6.04 Å². The zero-order chi connectivity index (χ0) is 13.1. The third-order valence-electron chi connectivity index (χ3n) is 2.66. The smallest absolute Gasteiger partial charge is 0.0408 e. The molecule has 94 valence electrons. The zero-order valence-corrected chi connectivity index (χ0v) is 13.5. The molecular weight excluding hydrogens is 377 g/mol. The lowest BCUT2D eigenvalue weighted by atomic mass is 10.00. The Kier molecular flexibility index (Phi) is 4.84. The van der Waals surface area contributed by atoms with Gasteiger partial charge in [-0.15, -0.1) is 0 Å². The summed E-state index contributed by atoms with van der Waals surface area (Å²) in [5, 5.41) is 0.745. The van der Waals surface area contributed by atoms with Gasteiger partial charge in [-0.1, -0.05) is 55.6 Å². The highest BCUT2D eigenvalue weighted by molar-refractivity contribution is 9.11. The summed E-state index contributed by atoms with van der Waals surface area (Å²) < 4.78 is 2.04. The normalized spacial score (nSPS) is 12.4. The van der Waals surface area contributed by atoms with E-state index in [1.807, 2.05) is 42.5 Å². The highest BCUT2D eigenvalue weighted by Crippen LogP contribution is 2.25. The lowest BCUT2D eigenvalue weighted by Crippen LogP contribution is -2.13. The van der Waals surface area contributed by atoms with Crippen LogP contribution >= 0.6 is 43.5 Å². The fraction of sp³-hybridized carbons (Fsp3) is 0.143. The van der Waals surface area contributed by atoms with Gasteiger partial charge in [0.25, 0.3) is 0 Å². The summed E-state index contributed by atoms with van der Waals surface area (Å²) in [6, 6.07) is 13.8. The van der Waals surface area contributed by atoms with Gasteiger partial charge < -0.3 is 5.73 Å². The van der Waals surface area contributed by atoms with Crippen LogP contribution in [0.15, 0.2) is 51.4 Å². The quantitative estimate of drug-likeness (QED) is 0.776. The summed E-state index contributed by atoms with van der Waals surface area (Å²) in [5.41, 5.74) is 8.47. The average molecular weight is 390 g/mol. The van der Waals surface area contributed by atoms with Crippen LogP contribution in [-0.4, -0.2) is 0 Å². The standard InChI is InChI=1S/C14H12Br2ClN/c15-11-6-10(7-12(16)8-11)14(18)5-9-2-1-3-13(17)4-9/h1-4,6-8,14H,5,18H2. The molecule has 0 amide bonds. The molecule has 0 saturated heterocycles. The maximum absolute atomic E-state index is 6.23. The van der Waals surface area contributed by atoms with E-state index >= 15 is 0 Å². The van der Waals surface area contributed by atoms with Gasteiger partial charge in [-0.05, 0) is 47.9 Å². The highest BCUT2D eigenvalue weighted by atomic mass is 79.9. The molecule has 0 saturated carbocycles. The van der Waals surface area contributed by atoms with Crippen LogP contribution in [0.1, 0.15) is 17.2 Å². The van der Waals surface area contributed by atoms with Gasteiger partial charge in [0, 0.05) is 20.0 Å². The van der Waals surface area contributed by atoms with E-state index in [0.29, 0.717) is 0 Å². The van der Waals surface area contributed by atoms with E-state index in [1.165, 1.54) is 0 Å². The summed E-state index contributed by atoms with van der Waals surface area (Å²) >= 11 is 12.9. The largest absolute Gasteiger partial charge is 0.324 e. The van der Waals surface area contributed by atoms with E-state index in [0.717, 1.165) is 31.5 Å². The summed E-state index contributed by atoms with van der Waals surface area (Å²) in [6.45, 7) is 0. The predicted molar refractivity (Wildman–Crippen MR) is 83.9 cm³/mol. The van der Waals surface area contributed by atoms with Crippen LogP contribution in [-0.2, 0) is 6.42 Å². The second kappa shape index (κ2) is 6.20. The number of hydrogen-bond donors (Lipinski definition) is 1. The van der Waals surface area contributed by atoms with Gasteiger partial charge in [-0.2, -0.15) is 0 Å². The minimum Gasteiger partial charge on any atom is -0.324 e. The molecule has 0 fully saturated rings. The third-order valence-corrected chi connectivity index (χ3v) is 3.81. The summed E-state index contributed by atoms with van der Waals surface area (Å²) in [7, 11) is 0. The fourth-order valence-electron chi connectivity index (χ4n) is 1.82. The van der Waals surface area contributed by atoms with Crippen molar-refractivity contribution >= 4 is 43.5 Å². The van der Waals surface area contributed by atoms with Gasteiger partial charge in [-0.3, -0.25) is 0 Å². The minimum atomic E-state index is -0.0442. The van der Waals surface area contributed by atoms with Gasteiger partial charge in [0.2, 0.25) is 0 Å². The molecule has 0 heterocycles. The number of rotatable bonds is 3. The molecule has 0 aliphatic rings. The molecule has 0 aromatic heterocycles. The molecule has 2 aromatic carbocycles. The van der Waals surface area contributed by atoms with E-state index in [2.05, 4.69) is 31.9 Å². The van der Waals surface area contributed by atoms with Crippen LogP contribution in [0.4, 0.5) is 0 Å². The van der Waals surface area contributed by atoms with Gasteiger partial charge >= 0.3 is 0 Å². The Hall–Kier alpha value is -0.350. The van der Waals surface area contributed by atoms with Crippen molar-refractivity contribution in [2.24, 2.45) is 5.73 Å². The molecule has 18 heavy (non-hydrogen) atoms. The van der Waals surface area contributed by atoms with E-state index in [9.17, 15) is 0 Å². The number of halogens is 3. The van der Waals surface area contributed by atoms with Crippen molar-refractivity contribution < 1.29 is 0 Å². The van der Waals surface area contributed by atoms with E-state index < -0.39 is 0 Å². The molecule has 0 bridgehead atoms. The Morgan fingerprint density at radius 1 is 1.06 bits per heavy atom. The molecule has 2 aromatic rings. The topological polar surface area (TPSA) is 26.0 Å². The van der Waals surface area contributed by atoms with Crippen molar-refractivity contribution in [3.63, 3.8) is 0 Å². The number of benzene rings is 2. The van der Waals surface area contributed by atoms with Crippen molar-refractivity contribution in [1.29, 1.82) is 0 Å². The van der Waals surface area contributed by atoms with Crippen LogP contribution in [0.3, 0.4) is 0 Å². The summed E-state index contributed by atoms with van der Waals surface area (Å²) in [5.74, 6) is 0. The van der Waals surface area contributed by atoms with E-state index in [4.69, 9.17) is 17.3 Å². The fourth-order valence-corrected chi connectivity index (χ4v) is 3.37. The van der Waals surface area contributed by atoms with Gasteiger partial charge in [0.05, 0.1) is 0 Å². The predicted octanol–water partition coefficient (Wildman–Crippen LogP) is 5.11. The molecule has 0 aliphatic carbocycles. The first-order valence-electron chi connectivity index (χ1n) is 5.50. The molecular formula is C14H12Br2ClN. The lowest BCUT2D eigenvalue weighted by molar-refractivity contribution is 0.721. The Labute approximate surface area is 129 Å². The lowest BCUT2D eigenvalue weighted by Gasteiger charge is -2.13. The first-order valence-corrected chi connectivity index (χ1v) is 7.47. The van der Waals surface area contributed by atoms with Gasteiger partial charge in [0.1, 0.15) is 0 Å². The SMILES string of the molecule is NC(Cc1cccc(Cl)c1)c1cc(Br)cc(Br)c1. The Balaban J connectivity index is 2.19. The zero-order valence-electron chi connectivity index (χ0n) is 9.54. The molecule has 1 atom stereocenters. The van der Waals surface area contributed by atoms with E-state index in [1.54, 1.807) is 0 Å². The van der Waals surface area contributed by atoms with Crippen molar-refractivity contribution in [2.45, 2.75) is 12.5 Å². The van der Waals surface area contributed by atoms with Crippen LogP contribution in [0.5, 0.6) is 0 Å². The highest BCUT2D eigenvalue weighted by Gasteiger charge is 2.09. The average Bonchev–Trinajstić information content (AvgIpc) is 2.27. The maximum Gasteiger partial charge on any atom is 0.0408 e. The number of nitrogens with two attached hydrogens (primary N) is 1. The van der Waals surface area contributed by atoms with Crippen molar-refractivity contribution in [3.8, 4) is 0 Å². The molecule has 0 radical (unpaired) electrons. The second-order valence-electron chi connectivity index (χ2n) is 4.14. The first kappa shape index (κ1) is 14.1. The molecule has 2 rings (SSSR count). The minimum absolute atomic E-state index is 0.0442. The summed E-state index contributed by atoms with van der Waals surface area (Å²) in [4.78, 5) is 0. The van der Waals surface area contributed by atoms with Crippen molar-refractivity contribution in [3.05, 3.63) is 67.6 Å². The van der Waals surface area contributed by atoms with Crippen LogP contribution in [0.2, 0.25) is 5.02 Å². The molecule has 2 N–H and O–H groups in total. The Morgan fingerprint density at radius 3 is 2.33 bits per heavy atom. The Morgan fingerprint density at radius 2 is 1.72 bits per heavy atom. The number of hydrogen-bond acceptors (Lipinski definition) is 1. The third kappa shape index (κ3) is 3.82. The molecule has 1 nitrogen and oxygen atoms in total. The molecule has 1 unspecified atom stereocenters. The van der Waals surface area contributed by atoms with Gasteiger partial charge in [-0.25, -0.2) is 0 Å². The van der Waals surface area contributed by atoms with Crippen LogP contribution in [0, 0.1) is 0 Å². The van der Waals surface area contributed by atoms with Crippen molar-refractivity contribution in [1.82, 2.24) is 0 Å². The monoisotopic (exact) mass is 387 g/mol. The maximum atomic E-state index is 6.23. The second-order valence-corrected chi connectivity index (χ2v) is 6.41. The molecule has 4 heteroatoms. The van der Waals surface area contributed by atoms with Crippen LogP contribution < -0.4 is 5.73 Å². The molecule has 0 spiro atoms. The Bertz CT molecular complexity index is 537.